The summed E-state index contributed by atoms with van der Waals surface area (Å²) in [5, 5.41) is 3.32. The van der Waals surface area contributed by atoms with Crippen LogP contribution < -0.4 is 10.1 Å². The number of rotatable bonds is 5. The summed E-state index contributed by atoms with van der Waals surface area (Å²) in [5.41, 5.74) is 0. The summed E-state index contributed by atoms with van der Waals surface area (Å²) < 4.78 is 10.9. The van der Waals surface area contributed by atoms with Gasteiger partial charge in [0.1, 0.15) is 11.6 Å². The van der Waals surface area contributed by atoms with Crippen molar-refractivity contribution >= 4 is 17.5 Å². The first-order chi connectivity index (χ1) is 9.68. The number of hydrogen-bond acceptors (Lipinski definition) is 4. The van der Waals surface area contributed by atoms with Crippen molar-refractivity contribution in [2.45, 2.75) is 25.9 Å². The lowest BCUT2D eigenvalue weighted by Crippen LogP contribution is -2.41. The van der Waals surface area contributed by atoms with Crippen molar-refractivity contribution in [2.24, 2.45) is 5.92 Å². The van der Waals surface area contributed by atoms with Crippen molar-refractivity contribution in [1.82, 2.24) is 10.3 Å². The third-order valence-corrected chi connectivity index (χ3v) is 3.60. The van der Waals surface area contributed by atoms with Gasteiger partial charge in [-0.2, -0.15) is 0 Å². The number of ether oxygens (including phenoxy) is 2. The van der Waals surface area contributed by atoms with E-state index in [1.54, 1.807) is 18.3 Å². The second-order valence-corrected chi connectivity index (χ2v) is 5.16. The zero-order valence-electron chi connectivity index (χ0n) is 11.5. The zero-order valence-corrected chi connectivity index (χ0v) is 12.2. The van der Waals surface area contributed by atoms with Gasteiger partial charge in [-0.1, -0.05) is 11.6 Å². The average Bonchev–Trinajstić information content (AvgIpc) is 2.45. The predicted octanol–water partition coefficient (Wildman–Crippen LogP) is 2.05. The Morgan fingerprint density at radius 3 is 3.25 bits per heavy atom. The van der Waals surface area contributed by atoms with E-state index in [0.29, 0.717) is 24.1 Å². The van der Waals surface area contributed by atoms with Crippen molar-refractivity contribution < 1.29 is 14.3 Å². The molecule has 0 radical (unpaired) electrons. The van der Waals surface area contributed by atoms with Crippen LogP contribution in [-0.2, 0) is 9.53 Å². The molecule has 6 heteroatoms. The van der Waals surface area contributed by atoms with Crippen LogP contribution in [0.4, 0.5) is 0 Å². The Morgan fingerprint density at radius 1 is 1.65 bits per heavy atom. The minimum atomic E-state index is -0.0674. The molecule has 1 amide bonds. The molecule has 1 fully saturated rings. The monoisotopic (exact) mass is 298 g/mol. The standard InChI is InChI=1S/C14H19ClN2O3/c1-10-11(4-3-8-19-10)13(18)16-7-9-20-14-12(15)5-2-6-17-14/h2,5-6,10-11H,3-4,7-9H2,1H3,(H,16,18). The van der Waals surface area contributed by atoms with Crippen LogP contribution in [0.15, 0.2) is 18.3 Å². The van der Waals surface area contributed by atoms with Crippen LogP contribution in [0.25, 0.3) is 0 Å². The molecular weight excluding hydrogens is 280 g/mol. The minimum Gasteiger partial charge on any atom is -0.475 e. The Hall–Kier alpha value is -1.33. The number of nitrogens with one attached hydrogen (secondary N) is 1. The minimum absolute atomic E-state index is 0.0186. The van der Waals surface area contributed by atoms with E-state index < -0.39 is 0 Å². The lowest BCUT2D eigenvalue weighted by atomic mass is 9.94. The fourth-order valence-corrected chi connectivity index (χ4v) is 2.37. The summed E-state index contributed by atoms with van der Waals surface area (Å²) in [7, 11) is 0. The molecule has 0 saturated carbocycles. The first-order valence-electron chi connectivity index (χ1n) is 6.81. The number of pyridine rings is 1. The average molecular weight is 299 g/mol. The van der Waals surface area contributed by atoms with Crippen LogP contribution in [-0.4, -0.2) is 36.8 Å². The van der Waals surface area contributed by atoms with Crippen LogP contribution in [0, 0.1) is 5.92 Å². The van der Waals surface area contributed by atoms with Crippen LogP contribution in [0.2, 0.25) is 5.02 Å². The SMILES string of the molecule is CC1OCCCC1C(=O)NCCOc1ncccc1Cl. The van der Waals surface area contributed by atoms with Gasteiger partial charge in [-0.25, -0.2) is 4.98 Å². The van der Waals surface area contributed by atoms with E-state index in [-0.39, 0.29) is 17.9 Å². The molecule has 1 aromatic heterocycles. The Kier molecular flexibility index (Phi) is 5.61. The van der Waals surface area contributed by atoms with Crippen LogP contribution >= 0.6 is 11.6 Å². The quantitative estimate of drug-likeness (QED) is 0.845. The molecule has 1 aromatic rings. The fraction of sp³-hybridized carbons (Fsp3) is 0.571. The van der Waals surface area contributed by atoms with E-state index >= 15 is 0 Å². The number of hydrogen-bond donors (Lipinski definition) is 1. The second-order valence-electron chi connectivity index (χ2n) is 4.75. The first-order valence-corrected chi connectivity index (χ1v) is 7.19. The van der Waals surface area contributed by atoms with Crippen LogP contribution in [0.1, 0.15) is 19.8 Å². The third kappa shape index (κ3) is 4.08. The van der Waals surface area contributed by atoms with Gasteiger partial charge < -0.3 is 14.8 Å². The molecule has 1 saturated heterocycles. The van der Waals surface area contributed by atoms with Crippen molar-refractivity contribution in [1.29, 1.82) is 0 Å². The maximum absolute atomic E-state index is 12.0. The molecule has 1 aliphatic rings. The van der Waals surface area contributed by atoms with E-state index in [1.807, 2.05) is 6.92 Å². The topological polar surface area (TPSA) is 60.5 Å². The highest BCUT2D eigenvalue weighted by molar-refractivity contribution is 6.31. The van der Waals surface area contributed by atoms with Gasteiger partial charge in [0.05, 0.1) is 18.6 Å². The molecule has 0 aliphatic carbocycles. The smallest absolute Gasteiger partial charge is 0.232 e. The summed E-state index contributed by atoms with van der Waals surface area (Å²) in [6, 6.07) is 3.45. The van der Waals surface area contributed by atoms with E-state index in [9.17, 15) is 4.79 Å². The Morgan fingerprint density at radius 2 is 2.50 bits per heavy atom. The van der Waals surface area contributed by atoms with Gasteiger partial charge >= 0.3 is 0 Å². The summed E-state index contributed by atoms with van der Waals surface area (Å²) in [4.78, 5) is 16.0. The molecule has 1 N–H and O–H groups in total. The van der Waals surface area contributed by atoms with Gasteiger partial charge in [-0.15, -0.1) is 0 Å². The van der Waals surface area contributed by atoms with E-state index in [4.69, 9.17) is 21.1 Å². The molecule has 0 bridgehead atoms. The highest BCUT2D eigenvalue weighted by Gasteiger charge is 2.28. The summed E-state index contributed by atoms with van der Waals surface area (Å²) in [6.07, 6.45) is 3.40. The Bertz CT molecular complexity index is 456. The number of carbonyl (C=O) groups is 1. The van der Waals surface area contributed by atoms with E-state index in [1.165, 1.54) is 0 Å². The maximum atomic E-state index is 12.0. The fourth-order valence-electron chi connectivity index (χ4n) is 2.20. The largest absolute Gasteiger partial charge is 0.475 e. The molecule has 2 atom stereocenters. The summed E-state index contributed by atoms with van der Waals surface area (Å²) in [6.45, 7) is 3.44. The molecule has 0 spiro atoms. The Balaban J connectivity index is 1.70. The highest BCUT2D eigenvalue weighted by atomic mass is 35.5. The number of carbonyl (C=O) groups excluding carboxylic acids is 1. The molecule has 110 valence electrons. The number of aromatic nitrogens is 1. The lowest BCUT2D eigenvalue weighted by molar-refractivity contribution is -0.133. The molecule has 20 heavy (non-hydrogen) atoms. The van der Waals surface area contributed by atoms with Gasteiger partial charge in [0.15, 0.2) is 0 Å². The maximum Gasteiger partial charge on any atom is 0.232 e. The Labute approximate surface area is 123 Å². The second kappa shape index (κ2) is 7.45. The molecular formula is C14H19ClN2O3. The van der Waals surface area contributed by atoms with Crippen molar-refractivity contribution in [3.8, 4) is 5.88 Å². The molecule has 1 aliphatic heterocycles. The van der Waals surface area contributed by atoms with Crippen molar-refractivity contribution in [2.75, 3.05) is 19.8 Å². The summed E-state index contributed by atoms with van der Waals surface area (Å²) >= 11 is 5.92. The van der Waals surface area contributed by atoms with E-state index in [2.05, 4.69) is 10.3 Å². The van der Waals surface area contributed by atoms with Gasteiger partial charge in [0, 0.05) is 12.8 Å². The third-order valence-electron chi connectivity index (χ3n) is 3.31. The normalized spacial score (nSPS) is 22.3. The highest BCUT2D eigenvalue weighted by Crippen LogP contribution is 2.21. The van der Waals surface area contributed by atoms with Gasteiger partial charge in [0.2, 0.25) is 11.8 Å². The van der Waals surface area contributed by atoms with Crippen LogP contribution in [0.3, 0.4) is 0 Å². The van der Waals surface area contributed by atoms with Crippen LogP contribution in [0.5, 0.6) is 5.88 Å². The molecule has 0 aromatic carbocycles. The number of halogens is 1. The molecule has 2 unspecified atom stereocenters. The van der Waals surface area contributed by atoms with Gasteiger partial charge in [0.25, 0.3) is 0 Å². The van der Waals surface area contributed by atoms with E-state index in [0.717, 1.165) is 19.4 Å². The number of nitrogens with zero attached hydrogens (tertiary/aromatic N) is 1. The zero-order chi connectivity index (χ0) is 14.4. The lowest BCUT2D eigenvalue weighted by Gasteiger charge is -2.27. The van der Waals surface area contributed by atoms with Crippen molar-refractivity contribution in [3.05, 3.63) is 23.4 Å². The molecule has 2 heterocycles. The first kappa shape index (κ1) is 15.1. The van der Waals surface area contributed by atoms with Gasteiger partial charge in [-0.3, -0.25) is 4.79 Å². The predicted molar refractivity (Wildman–Crippen MR) is 75.9 cm³/mol. The number of amides is 1. The van der Waals surface area contributed by atoms with Gasteiger partial charge in [-0.05, 0) is 31.9 Å². The molecule has 2 rings (SSSR count). The van der Waals surface area contributed by atoms with Crippen molar-refractivity contribution in [3.63, 3.8) is 0 Å². The summed E-state index contributed by atoms with van der Waals surface area (Å²) in [5.74, 6) is 0.341. The molecule has 5 nitrogen and oxygen atoms in total.